The fraction of sp³-hybridized carbons (Fsp3) is 0.438. The molecule has 2 aromatic rings. The first-order chi connectivity index (χ1) is 11.0. The largest absolute Gasteiger partial charge is 0.478 e. The lowest BCUT2D eigenvalue weighted by molar-refractivity contribution is 0.0682. The lowest BCUT2D eigenvalue weighted by Gasteiger charge is -2.14. The Labute approximate surface area is 134 Å². The number of aromatic nitrogens is 2. The Morgan fingerprint density at radius 3 is 2.65 bits per heavy atom. The van der Waals surface area contributed by atoms with Crippen LogP contribution < -0.4 is 0 Å². The highest BCUT2D eigenvalue weighted by Crippen LogP contribution is 2.14. The highest BCUT2D eigenvalue weighted by molar-refractivity contribution is 5.87. The van der Waals surface area contributed by atoms with E-state index in [1.165, 1.54) is 0 Å². The molecule has 0 aliphatic carbocycles. The SMILES string of the molecule is CCOC(C)c1noc(CN(C)Cc2ccc(C(=O)O)cc2)n1. The number of benzene rings is 1. The third kappa shape index (κ3) is 4.87. The molecule has 1 N–H and O–H groups in total. The third-order valence-electron chi connectivity index (χ3n) is 3.32. The molecule has 0 bridgehead atoms. The third-order valence-corrected chi connectivity index (χ3v) is 3.32. The molecule has 0 aliphatic rings. The maximum atomic E-state index is 10.8. The fourth-order valence-electron chi connectivity index (χ4n) is 2.17. The minimum Gasteiger partial charge on any atom is -0.478 e. The van der Waals surface area contributed by atoms with Gasteiger partial charge in [0.15, 0.2) is 5.82 Å². The Kier molecular flexibility index (Phi) is 5.84. The number of aromatic carboxylic acids is 1. The van der Waals surface area contributed by atoms with Gasteiger partial charge < -0.3 is 14.4 Å². The molecule has 0 fully saturated rings. The maximum absolute atomic E-state index is 10.8. The number of ether oxygens (including phenoxy) is 1. The van der Waals surface area contributed by atoms with Crippen LogP contribution in [-0.4, -0.2) is 39.8 Å². The van der Waals surface area contributed by atoms with Gasteiger partial charge in [0.25, 0.3) is 0 Å². The van der Waals surface area contributed by atoms with E-state index in [9.17, 15) is 4.79 Å². The Morgan fingerprint density at radius 1 is 1.35 bits per heavy atom. The number of carboxylic acids is 1. The predicted molar refractivity (Wildman–Crippen MR) is 82.9 cm³/mol. The predicted octanol–water partition coefficient (Wildman–Crippen LogP) is 2.50. The average molecular weight is 319 g/mol. The van der Waals surface area contributed by atoms with E-state index >= 15 is 0 Å². The van der Waals surface area contributed by atoms with Gasteiger partial charge in [0.05, 0.1) is 12.1 Å². The molecule has 0 amide bonds. The summed E-state index contributed by atoms with van der Waals surface area (Å²) < 4.78 is 10.7. The summed E-state index contributed by atoms with van der Waals surface area (Å²) in [5, 5.41) is 12.8. The summed E-state index contributed by atoms with van der Waals surface area (Å²) in [5.74, 6) is 0.143. The van der Waals surface area contributed by atoms with Crippen LogP contribution in [0.1, 0.15) is 47.6 Å². The second-order valence-corrected chi connectivity index (χ2v) is 5.32. The zero-order valence-corrected chi connectivity index (χ0v) is 13.5. The van der Waals surface area contributed by atoms with Crippen molar-refractivity contribution in [3.05, 3.63) is 47.1 Å². The Balaban J connectivity index is 1.91. The van der Waals surface area contributed by atoms with E-state index in [0.717, 1.165) is 5.56 Å². The minimum absolute atomic E-state index is 0.189. The summed E-state index contributed by atoms with van der Waals surface area (Å²) in [6.07, 6.45) is -0.189. The molecule has 0 aliphatic heterocycles. The summed E-state index contributed by atoms with van der Waals surface area (Å²) in [4.78, 5) is 17.2. The van der Waals surface area contributed by atoms with Crippen molar-refractivity contribution in [3.63, 3.8) is 0 Å². The highest BCUT2D eigenvalue weighted by Gasteiger charge is 2.15. The van der Waals surface area contributed by atoms with Gasteiger partial charge in [-0.25, -0.2) is 4.79 Å². The Bertz CT molecular complexity index is 639. The second kappa shape index (κ2) is 7.85. The van der Waals surface area contributed by atoms with Gasteiger partial charge in [-0.3, -0.25) is 4.90 Å². The number of rotatable bonds is 8. The molecular weight excluding hydrogens is 298 g/mol. The van der Waals surface area contributed by atoms with Crippen LogP contribution in [0.5, 0.6) is 0 Å². The van der Waals surface area contributed by atoms with Crippen LogP contribution in [0.15, 0.2) is 28.8 Å². The Morgan fingerprint density at radius 2 is 2.04 bits per heavy atom. The molecule has 0 saturated carbocycles. The van der Waals surface area contributed by atoms with Gasteiger partial charge in [0.1, 0.15) is 6.10 Å². The van der Waals surface area contributed by atoms with Gasteiger partial charge >= 0.3 is 5.97 Å². The van der Waals surface area contributed by atoms with E-state index in [4.69, 9.17) is 14.4 Å². The highest BCUT2D eigenvalue weighted by atomic mass is 16.5. The zero-order valence-electron chi connectivity index (χ0n) is 13.5. The lowest BCUT2D eigenvalue weighted by Crippen LogP contribution is -2.17. The monoisotopic (exact) mass is 319 g/mol. The van der Waals surface area contributed by atoms with Crippen LogP contribution in [0.4, 0.5) is 0 Å². The van der Waals surface area contributed by atoms with Crippen molar-refractivity contribution in [2.75, 3.05) is 13.7 Å². The van der Waals surface area contributed by atoms with Crippen LogP contribution in [0, 0.1) is 0 Å². The van der Waals surface area contributed by atoms with E-state index in [0.29, 0.717) is 31.4 Å². The van der Waals surface area contributed by atoms with E-state index in [1.54, 1.807) is 24.3 Å². The van der Waals surface area contributed by atoms with Crippen molar-refractivity contribution in [2.24, 2.45) is 0 Å². The van der Waals surface area contributed by atoms with Crippen LogP contribution in [-0.2, 0) is 17.8 Å². The molecule has 1 aromatic heterocycles. The van der Waals surface area contributed by atoms with Crippen LogP contribution in [0.25, 0.3) is 0 Å². The van der Waals surface area contributed by atoms with E-state index in [-0.39, 0.29) is 11.7 Å². The van der Waals surface area contributed by atoms with E-state index < -0.39 is 5.97 Å². The molecule has 7 nitrogen and oxygen atoms in total. The van der Waals surface area contributed by atoms with Gasteiger partial charge in [-0.05, 0) is 38.6 Å². The number of carbonyl (C=O) groups is 1. The molecule has 2 rings (SSSR count). The average Bonchev–Trinajstić information content (AvgIpc) is 2.96. The first-order valence-electron chi connectivity index (χ1n) is 7.44. The van der Waals surface area contributed by atoms with E-state index in [2.05, 4.69) is 10.1 Å². The second-order valence-electron chi connectivity index (χ2n) is 5.32. The van der Waals surface area contributed by atoms with Gasteiger partial charge in [0, 0.05) is 13.2 Å². The molecule has 0 saturated heterocycles. The van der Waals surface area contributed by atoms with Crippen LogP contribution in [0.3, 0.4) is 0 Å². The van der Waals surface area contributed by atoms with Crippen molar-refractivity contribution in [1.29, 1.82) is 0 Å². The maximum Gasteiger partial charge on any atom is 0.335 e. The standard InChI is InChI=1S/C16H21N3O4/c1-4-22-11(2)15-17-14(23-18-15)10-19(3)9-12-5-7-13(8-6-12)16(20)21/h5-8,11H,4,9-10H2,1-3H3,(H,20,21). The number of nitrogens with zero attached hydrogens (tertiary/aromatic N) is 3. The quantitative estimate of drug-likeness (QED) is 0.799. The van der Waals surface area contributed by atoms with Gasteiger partial charge in [-0.15, -0.1) is 0 Å². The van der Waals surface area contributed by atoms with Gasteiger partial charge in [0.2, 0.25) is 5.89 Å². The van der Waals surface area contributed by atoms with Crippen molar-refractivity contribution in [1.82, 2.24) is 15.0 Å². The molecule has 1 heterocycles. The molecule has 7 heteroatoms. The summed E-state index contributed by atoms with van der Waals surface area (Å²) in [6.45, 7) is 5.55. The number of carboxylic acid groups (broad SMARTS) is 1. The Hall–Kier alpha value is -2.25. The number of hydrogen-bond donors (Lipinski definition) is 1. The summed E-state index contributed by atoms with van der Waals surface area (Å²) in [5.41, 5.74) is 1.29. The molecular formula is C16H21N3O4. The molecule has 0 spiro atoms. The smallest absolute Gasteiger partial charge is 0.335 e. The molecule has 1 aromatic carbocycles. The normalized spacial score (nSPS) is 12.5. The van der Waals surface area contributed by atoms with Crippen molar-refractivity contribution >= 4 is 5.97 Å². The first-order valence-corrected chi connectivity index (χ1v) is 7.44. The van der Waals surface area contributed by atoms with Crippen molar-refractivity contribution < 1.29 is 19.2 Å². The van der Waals surface area contributed by atoms with Gasteiger partial charge in [-0.1, -0.05) is 17.3 Å². The molecule has 0 radical (unpaired) electrons. The lowest BCUT2D eigenvalue weighted by atomic mass is 10.1. The summed E-state index contributed by atoms with van der Waals surface area (Å²) >= 11 is 0. The minimum atomic E-state index is -0.924. The molecule has 1 unspecified atom stereocenters. The summed E-state index contributed by atoms with van der Waals surface area (Å²) in [6, 6.07) is 6.80. The summed E-state index contributed by atoms with van der Waals surface area (Å²) in [7, 11) is 1.93. The molecule has 1 atom stereocenters. The van der Waals surface area contributed by atoms with Crippen molar-refractivity contribution in [2.45, 2.75) is 33.0 Å². The first kappa shape index (κ1) is 17.1. The van der Waals surface area contributed by atoms with Gasteiger partial charge in [-0.2, -0.15) is 4.98 Å². The van der Waals surface area contributed by atoms with Crippen LogP contribution >= 0.6 is 0 Å². The molecule has 23 heavy (non-hydrogen) atoms. The fourth-order valence-corrected chi connectivity index (χ4v) is 2.17. The number of hydrogen-bond acceptors (Lipinski definition) is 6. The zero-order chi connectivity index (χ0) is 16.8. The van der Waals surface area contributed by atoms with E-state index in [1.807, 2.05) is 25.8 Å². The molecule has 124 valence electrons. The topological polar surface area (TPSA) is 88.7 Å². The van der Waals surface area contributed by atoms with Crippen LogP contribution in [0.2, 0.25) is 0 Å². The van der Waals surface area contributed by atoms with Crippen molar-refractivity contribution in [3.8, 4) is 0 Å².